The van der Waals surface area contributed by atoms with E-state index in [-0.39, 0.29) is 17.9 Å². The van der Waals surface area contributed by atoms with E-state index in [0.29, 0.717) is 38.1 Å². The lowest BCUT2D eigenvalue weighted by atomic mass is 9.75. The van der Waals surface area contributed by atoms with Crippen molar-refractivity contribution in [3.05, 3.63) is 35.4 Å². The molecule has 0 radical (unpaired) electrons. The molecule has 4 N–H and O–H groups in total. The van der Waals surface area contributed by atoms with Gasteiger partial charge in [-0.25, -0.2) is 4.79 Å². The van der Waals surface area contributed by atoms with Crippen LogP contribution in [0.25, 0.3) is 0 Å². The topological polar surface area (TPSA) is 107 Å². The van der Waals surface area contributed by atoms with Gasteiger partial charge in [0, 0.05) is 20.2 Å². The predicted molar refractivity (Wildman–Crippen MR) is 150 cm³/mol. The van der Waals surface area contributed by atoms with Gasteiger partial charge in [-0.1, -0.05) is 88.5 Å². The highest BCUT2D eigenvalue weighted by atomic mass is 16.5. The molecule has 4 rings (SSSR count). The summed E-state index contributed by atoms with van der Waals surface area (Å²) in [6.07, 6.45) is 15.5. The molecule has 2 saturated carbocycles. The number of methoxy groups -OCH3 is 1. The number of urea groups is 1. The molecule has 1 saturated heterocycles. The van der Waals surface area contributed by atoms with E-state index < -0.39 is 5.54 Å². The van der Waals surface area contributed by atoms with Crippen LogP contribution in [0.5, 0.6) is 0 Å². The highest BCUT2D eigenvalue weighted by Crippen LogP contribution is 2.38. The zero-order valence-corrected chi connectivity index (χ0v) is 23.2. The summed E-state index contributed by atoms with van der Waals surface area (Å²) >= 11 is 0. The fraction of sp³-hybridized carbons (Fsp3) is 0.700. The van der Waals surface area contributed by atoms with Crippen molar-refractivity contribution in [3.63, 3.8) is 0 Å². The van der Waals surface area contributed by atoms with E-state index in [9.17, 15) is 9.59 Å². The number of hydrogen-bond acceptors (Lipinski definition) is 4. The molecule has 0 aromatic heterocycles. The summed E-state index contributed by atoms with van der Waals surface area (Å²) in [5.74, 6) is 1.61. The lowest BCUT2D eigenvalue weighted by Crippen LogP contribution is -2.49. The summed E-state index contributed by atoms with van der Waals surface area (Å²) in [6.45, 7) is 1.76. The van der Waals surface area contributed by atoms with Gasteiger partial charge in [0.1, 0.15) is 5.54 Å². The zero-order chi connectivity index (χ0) is 26.8. The van der Waals surface area contributed by atoms with Crippen LogP contribution in [0.4, 0.5) is 4.79 Å². The number of benzene rings is 1. The van der Waals surface area contributed by atoms with E-state index in [1.54, 1.807) is 12.0 Å². The van der Waals surface area contributed by atoms with E-state index in [4.69, 9.17) is 10.1 Å². The number of ether oxygens (including phenoxy) is 1. The van der Waals surface area contributed by atoms with E-state index in [0.717, 1.165) is 30.4 Å². The molecule has 2 aliphatic carbocycles. The molecule has 1 atom stereocenters. The second-order valence-electron chi connectivity index (χ2n) is 11.6. The first kappa shape index (κ1) is 28.4. The smallest absolute Gasteiger partial charge is 0.315 e. The predicted octanol–water partition coefficient (Wildman–Crippen LogP) is 5.07. The van der Waals surface area contributed by atoms with Crippen molar-refractivity contribution in [1.82, 2.24) is 20.9 Å². The summed E-state index contributed by atoms with van der Waals surface area (Å²) in [7, 11) is 1.60. The van der Waals surface area contributed by atoms with Crippen LogP contribution in [0.3, 0.4) is 0 Å². The Morgan fingerprint density at radius 3 is 2.29 bits per heavy atom. The minimum atomic E-state index is -0.628. The lowest BCUT2D eigenvalue weighted by Gasteiger charge is -2.34. The van der Waals surface area contributed by atoms with Gasteiger partial charge in [0.2, 0.25) is 0 Å². The Morgan fingerprint density at radius 2 is 1.63 bits per heavy atom. The summed E-state index contributed by atoms with van der Waals surface area (Å²) in [5, 5.41) is 17.8. The minimum Gasteiger partial charge on any atom is -0.383 e. The highest BCUT2D eigenvalue weighted by Gasteiger charge is 2.50. The molecule has 1 aromatic rings. The Kier molecular flexibility index (Phi) is 10.4. The van der Waals surface area contributed by atoms with Gasteiger partial charge in [0.25, 0.3) is 5.91 Å². The SMILES string of the molecule is COCCNC(=O)NCc1ccc(CN2C(=N)N[C@](CCC3CCCCC3)(CC3CCCCC3)C2=O)cc1. The molecule has 3 amide bonds. The number of carbonyl (C=O) groups is 2. The molecule has 1 aliphatic heterocycles. The molecule has 3 fully saturated rings. The van der Waals surface area contributed by atoms with Gasteiger partial charge < -0.3 is 20.7 Å². The van der Waals surface area contributed by atoms with E-state index in [2.05, 4.69) is 16.0 Å². The van der Waals surface area contributed by atoms with Crippen LogP contribution in [0.1, 0.15) is 94.6 Å². The fourth-order valence-electron chi connectivity index (χ4n) is 6.54. The molecule has 210 valence electrons. The number of rotatable bonds is 12. The summed E-state index contributed by atoms with van der Waals surface area (Å²) in [6, 6.07) is 7.70. The van der Waals surface area contributed by atoms with Gasteiger partial charge in [-0.2, -0.15) is 0 Å². The molecule has 38 heavy (non-hydrogen) atoms. The molecule has 8 nitrogen and oxygen atoms in total. The summed E-state index contributed by atoms with van der Waals surface area (Å²) < 4.78 is 4.94. The molecule has 3 aliphatic rings. The van der Waals surface area contributed by atoms with Crippen molar-refractivity contribution in [2.24, 2.45) is 11.8 Å². The van der Waals surface area contributed by atoms with Gasteiger partial charge in [-0.05, 0) is 42.2 Å². The summed E-state index contributed by atoms with van der Waals surface area (Å²) in [5.41, 5.74) is 1.34. The lowest BCUT2D eigenvalue weighted by molar-refractivity contribution is -0.132. The zero-order valence-electron chi connectivity index (χ0n) is 23.2. The summed E-state index contributed by atoms with van der Waals surface area (Å²) in [4.78, 5) is 27.5. The quantitative estimate of drug-likeness (QED) is 0.286. The van der Waals surface area contributed by atoms with Gasteiger partial charge in [-0.15, -0.1) is 0 Å². The van der Waals surface area contributed by atoms with Crippen LogP contribution in [0.2, 0.25) is 0 Å². The molecule has 1 heterocycles. The van der Waals surface area contributed by atoms with E-state index in [1.165, 1.54) is 64.2 Å². The number of carbonyl (C=O) groups excluding carboxylic acids is 2. The first-order chi connectivity index (χ1) is 18.5. The largest absolute Gasteiger partial charge is 0.383 e. The maximum atomic E-state index is 14.0. The Bertz CT molecular complexity index is 924. The van der Waals surface area contributed by atoms with Crippen molar-refractivity contribution in [3.8, 4) is 0 Å². The van der Waals surface area contributed by atoms with Gasteiger partial charge in [0.15, 0.2) is 5.96 Å². The third kappa shape index (κ3) is 7.71. The number of amides is 3. The Labute approximate surface area is 228 Å². The molecule has 0 spiro atoms. The van der Waals surface area contributed by atoms with Crippen molar-refractivity contribution in [1.29, 1.82) is 5.41 Å². The van der Waals surface area contributed by atoms with Crippen molar-refractivity contribution < 1.29 is 14.3 Å². The van der Waals surface area contributed by atoms with E-state index >= 15 is 0 Å². The maximum Gasteiger partial charge on any atom is 0.315 e. The Balaban J connectivity index is 1.37. The minimum absolute atomic E-state index is 0.0855. The standard InChI is InChI=1S/C30H47N5O3/c1-38-19-18-32-29(37)33-21-25-12-14-26(15-13-25)22-35-27(36)30(34-28(35)31,20-24-10-6-3-7-11-24)17-16-23-8-4-2-5-9-23/h12-15,23-24H,2-11,16-22H2,1H3,(H2,31,34)(H2,32,33,37)/t30-/m1/s1. The third-order valence-corrected chi connectivity index (χ3v) is 8.76. The van der Waals surface area contributed by atoms with E-state index in [1.807, 2.05) is 24.3 Å². The first-order valence-electron chi connectivity index (χ1n) is 14.8. The van der Waals surface area contributed by atoms with Crippen molar-refractivity contribution >= 4 is 17.9 Å². The van der Waals surface area contributed by atoms with Crippen LogP contribution < -0.4 is 16.0 Å². The van der Waals surface area contributed by atoms with Crippen LogP contribution in [-0.4, -0.2) is 48.6 Å². The second kappa shape index (κ2) is 14.0. The Morgan fingerprint density at radius 1 is 1.00 bits per heavy atom. The normalized spacial score (nSPS) is 22.9. The van der Waals surface area contributed by atoms with Crippen LogP contribution in [0, 0.1) is 17.2 Å². The van der Waals surface area contributed by atoms with Crippen LogP contribution in [0.15, 0.2) is 24.3 Å². The van der Waals surface area contributed by atoms with Crippen LogP contribution in [-0.2, 0) is 22.6 Å². The molecule has 0 unspecified atom stereocenters. The maximum absolute atomic E-state index is 14.0. The average molecular weight is 526 g/mol. The molecule has 0 bridgehead atoms. The molecular formula is C30H47N5O3. The highest BCUT2D eigenvalue weighted by molar-refractivity contribution is 6.07. The van der Waals surface area contributed by atoms with Gasteiger partial charge in [-0.3, -0.25) is 15.1 Å². The number of guanidine groups is 1. The Hall–Kier alpha value is -2.61. The number of nitrogens with zero attached hydrogens (tertiary/aromatic N) is 1. The number of hydrogen-bond donors (Lipinski definition) is 4. The third-order valence-electron chi connectivity index (χ3n) is 8.76. The monoisotopic (exact) mass is 525 g/mol. The van der Waals surface area contributed by atoms with Gasteiger partial charge >= 0.3 is 6.03 Å². The molecular weight excluding hydrogens is 478 g/mol. The van der Waals surface area contributed by atoms with Crippen molar-refractivity contribution in [2.75, 3.05) is 20.3 Å². The first-order valence-corrected chi connectivity index (χ1v) is 14.8. The number of nitrogens with one attached hydrogen (secondary N) is 4. The second-order valence-corrected chi connectivity index (χ2v) is 11.6. The molecule has 8 heteroatoms. The van der Waals surface area contributed by atoms with Crippen molar-refractivity contribution in [2.45, 2.75) is 102 Å². The van der Waals surface area contributed by atoms with Crippen LogP contribution >= 0.6 is 0 Å². The average Bonchev–Trinajstić information content (AvgIpc) is 3.17. The molecule has 1 aromatic carbocycles. The fourth-order valence-corrected chi connectivity index (χ4v) is 6.54. The van der Waals surface area contributed by atoms with Gasteiger partial charge in [0.05, 0.1) is 13.2 Å².